The number of rotatable bonds is 6. The quantitative estimate of drug-likeness (QED) is 0.798. The molecule has 0 saturated heterocycles. The van der Waals surface area contributed by atoms with Crippen LogP contribution < -0.4 is 5.73 Å². The predicted octanol–water partition coefficient (Wildman–Crippen LogP) is 1.24. The number of benzene rings is 1. The Morgan fingerprint density at radius 3 is 2.63 bits per heavy atom. The number of halogens is 1. The molecule has 19 heavy (non-hydrogen) atoms. The highest BCUT2D eigenvalue weighted by Gasteiger charge is 2.21. The van der Waals surface area contributed by atoms with Gasteiger partial charge in [0.1, 0.15) is 4.99 Å². The van der Waals surface area contributed by atoms with Crippen LogP contribution in [0.1, 0.15) is 5.56 Å². The Hall–Kier alpha value is -0.730. The first kappa shape index (κ1) is 16.3. The van der Waals surface area contributed by atoms with E-state index in [4.69, 9.17) is 34.3 Å². The molecule has 0 spiro atoms. The van der Waals surface area contributed by atoms with Gasteiger partial charge in [0.25, 0.3) is 0 Å². The van der Waals surface area contributed by atoms with E-state index in [1.54, 1.807) is 0 Å². The molecule has 1 rings (SSSR count). The average Bonchev–Trinajstić information content (AvgIpc) is 2.35. The molecule has 0 saturated carbocycles. The van der Waals surface area contributed by atoms with Crippen LogP contribution in [0.3, 0.4) is 0 Å². The molecule has 0 heterocycles. The Morgan fingerprint density at radius 2 is 2.16 bits per heavy atom. The fraction of sp³-hybridized carbons (Fsp3) is 0.364. The summed E-state index contributed by atoms with van der Waals surface area (Å²) in [7, 11) is -0.607. The van der Waals surface area contributed by atoms with Crippen molar-refractivity contribution in [3.8, 4) is 0 Å². The van der Waals surface area contributed by atoms with Gasteiger partial charge in [0.05, 0.1) is 16.5 Å². The van der Waals surface area contributed by atoms with Gasteiger partial charge in [0.15, 0.2) is 0 Å². The molecule has 0 amide bonds. The number of hydrogen-bond acceptors (Lipinski definition) is 4. The Kier molecular flexibility index (Phi) is 5.69. The van der Waals surface area contributed by atoms with Crippen molar-refractivity contribution >= 4 is 38.8 Å². The van der Waals surface area contributed by atoms with Crippen LogP contribution in [0.15, 0.2) is 23.1 Å². The van der Waals surface area contributed by atoms with Gasteiger partial charge < -0.3 is 10.5 Å². The molecule has 8 heteroatoms. The molecule has 1 aromatic carbocycles. The molecule has 0 aliphatic heterocycles. The number of hydrogen-bond donors (Lipinski definition) is 1. The van der Waals surface area contributed by atoms with Gasteiger partial charge in [0, 0.05) is 26.3 Å². The highest BCUT2D eigenvalue weighted by Crippen LogP contribution is 2.22. The molecule has 0 fully saturated rings. The molecular formula is C11H15ClN2O3S2. The topological polar surface area (TPSA) is 72.6 Å². The van der Waals surface area contributed by atoms with Crippen LogP contribution >= 0.6 is 23.8 Å². The van der Waals surface area contributed by atoms with Crippen LogP contribution in [0.25, 0.3) is 0 Å². The molecule has 0 atom stereocenters. The molecule has 0 aromatic heterocycles. The summed E-state index contributed by atoms with van der Waals surface area (Å²) in [6, 6.07) is 4.27. The zero-order valence-corrected chi connectivity index (χ0v) is 13.0. The summed E-state index contributed by atoms with van der Waals surface area (Å²) in [6.07, 6.45) is 0. The summed E-state index contributed by atoms with van der Waals surface area (Å²) in [6.45, 7) is 0.571. The minimum Gasteiger partial charge on any atom is -0.389 e. The number of nitrogens with zero attached hydrogens (tertiary/aromatic N) is 1. The lowest BCUT2D eigenvalue weighted by Gasteiger charge is -2.17. The third-order valence-electron chi connectivity index (χ3n) is 2.52. The van der Waals surface area contributed by atoms with Crippen molar-refractivity contribution in [3.63, 3.8) is 0 Å². The number of nitrogens with two attached hydrogens (primary N) is 1. The third kappa shape index (κ3) is 3.87. The second-order valence-corrected chi connectivity index (χ2v) is 6.72. The van der Waals surface area contributed by atoms with Gasteiger partial charge in [-0.1, -0.05) is 23.8 Å². The van der Waals surface area contributed by atoms with E-state index in [0.29, 0.717) is 12.2 Å². The van der Waals surface area contributed by atoms with Crippen molar-refractivity contribution < 1.29 is 13.2 Å². The van der Waals surface area contributed by atoms with Gasteiger partial charge in [-0.3, -0.25) is 0 Å². The van der Waals surface area contributed by atoms with Crippen LogP contribution in [0, 0.1) is 0 Å². The molecule has 0 bridgehead atoms. The Bertz CT molecular complexity index is 575. The molecule has 0 unspecified atom stereocenters. The molecule has 2 N–H and O–H groups in total. The minimum atomic E-state index is -3.59. The van der Waals surface area contributed by atoms with Gasteiger partial charge >= 0.3 is 0 Å². The second kappa shape index (κ2) is 6.62. The van der Waals surface area contributed by atoms with Crippen LogP contribution in [-0.4, -0.2) is 45.0 Å². The van der Waals surface area contributed by atoms with E-state index < -0.39 is 10.0 Å². The van der Waals surface area contributed by atoms with Crippen LogP contribution in [0.4, 0.5) is 0 Å². The zero-order chi connectivity index (χ0) is 14.6. The van der Waals surface area contributed by atoms with Gasteiger partial charge in [-0.05, 0) is 18.2 Å². The predicted molar refractivity (Wildman–Crippen MR) is 79.0 cm³/mol. The lowest BCUT2D eigenvalue weighted by atomic mass is 10.2. The molecular weight excluding hydrogens is 308 g/mol. The number of likely N-dealkylation sites (N-methyl/N-ethyl adjacent to an activating group) is 1. The number of methoxy groups -OCH3 is 1. The Labute approximate surface area is 123 Å². The van der Waals surface area contributed by atoms with E-state index in [1.807, 2.05) is 0 Å². The van der Waals surface area contributed by atoms with E-state index in [0.717, 1.165) is 0 Å². The number of sulfonamides is 1. The zero-order valence-electron chi connectivity index (χ0n) is 10.6. The summed E-state index contributed by atoms with van der Waals surface area (Å²) >= 11 is 10.8. The van der Waals surface area contributed by atoms with Gasteiger partial charge in [-0.25, -0.2) is 8.42 Å². The van der Waals surface area contributed by atoms with Crippen molar-refractivity contribution in [2.45, 2.75) is 4.90 Å². The minimum absolute atomic E-state index is 0.0936. The van der Waals surface area contributed by atoms with Crippen LogP contribution in [0.2, 0.25) is 5.02 Å². The number of ether oxygens (including phenoxy) is 1. The molecule has 0 aliphatic rings. The van der Waals surface area contributed by atoms with E-state index in [2.05, 4.69) is 0 Å². The maximum atomic E-state index is 12.2. The van der Waals surface area contributed by atoms with Crippen molar-refractivity contribution in [3.05, 3.63) is 28.8 Å². The van der Waals surface area contributed by atoms with E-state index in [-0.39, 0.29) is 21.5 Å². The second-order valence-electron chi connectivity index (χ2n) is 3.83. The van der Waals surface area contributed by atoms with E-state index >= 15 is 0 Å². The van der Waals surface area contributed by atoms with Gasteiger partial charge in [-0.2, -0.15) is 4.31 Å². The molecule has 1 aromatic rings. The van der Waals surface area contributed by atoms with E-state index in [9.17, 15) is 8.42 Å². The first-order chi connectivity index (χ1) is 8.80. The summed E-state index contributed by atoms with van der Waals surface area (Å²) < 4.78 is 30.5. The smallest absolute Gasteiger partial charge is 0.242 e. The fourth-order valence-electron chi connectivity index (χ4n) is 1.38. The lowest BCUT2D eigenvalue weighted by Crippen LogP contribution is -2.30. The van der Waals surface area contributed by atoms with Crippen molar-refractivity contribution in [1.29, 1.82) is 0 Å². The Balaban J connectivity index is 3.09. The highest BCUT2D eigenvalue weighted by molar-refractivity contribution is 7.89. The van der Waals surface area contributed by atoms with Gasteiger partial charge in [0.2, 0.25) is 10.0 Å². The molecule has 106 valence electrons. The molecule has 5 nitrogen and oxygen atoms in total. The first-order valence-corrected chi connectivity index (χ1v) is 7.58. The third-order valence-corrected chi connectivity index (χ3v) is 4.91. The summed E-state index contributed by atoms with van der Waals surface area (Å²) in [5, 5.41) is 0.216. The first-order valence-electron chi connectivity index (χ1n) is 5.35. The summed E-state index contributed by atoms with van der Waals surface area (Å²) in [5.41, 5.74) is 5.92. The average molecular weight is 323 g/mol. The number of thiocarbonyl (C=S) groups is 1. The highest BCUT2D eigenvalue weighted by atomic mass is 35.5. The maximum Gasteiger partial charge on any atom is 0.242 e. The normalized spacial score (nSPS) is 11.8. The monoisotopic (exact) mass is 322 g/mol. The van der Waals surface area contributed by atoms with Crippen LogP contribution in [-0.2, 0) is 14.8 Å². The van der Waals surface area contributed by atoms with Crippen LogP contribution in [0.5, 0.6) is 0 Å². The standard InChI is InChI=1S/C11H15ClN2O3S2/c1-14(5-6-17-2)19(15,16)8-3-4-9(11(13)18)10(12)7-8/h3-4,7H,5-6H2,1-2H3,(H2,13,18). The Morgan fingerprint density at radius 1 is 1.53 bits per heavy atom. The van der Waals surface area contributed by atoms with Crippen molar-refractivity contribution in [2.24, 2.45) is 5.73 Å². The van der Waals surface area contributed by atoms with Gasteiger partial charge in [-0.15, -0.1) is 0 Å². The fourth-order valence-corrected chi connectivity index (χ4v) is 3.14. The maximum absolute atomic E-state index is 12.2. The summed E-state index contributed by atoms with van der Waals surface area (Å²) in [4.78, 5) is 0.220. The lowest BCUT2D eigenvalue weighted by molar-refractivity contribution is 0.185. The van der Waals surface area contributed by atoms with Crippen molar-refractivity contribution in [2.75, 3.05) is 27.3 Å². The van der Waals surface area contributed by atoms with Crippen molar-refractivity contribution in [1.82, 2.24) is 4.31 Å². The largest absolute Gasteiger partial charge is 0.389 e. The molecule has 0 radical (unpaired) electrons. The van der Waals surface area contributed by atoms with E-state index in [1.165, 1.54) is 36.7 Å². The SMILES string of the molecule is COCCN(C)S(=O)(=O)c1ccc(C(N)=S)c(Cl)c1. The molecule has 0 aliphatic carbocycles. The summed E-state index contributed by atoms with van der Waals surface area (Å²) in [5.74, 6) is 0.